The number of nitrogens with two attached hydrogens (primary N) is 1. The Labute approximate surface area is 172 Å². The van der Waals surface area contributed by atoms with Crippen LogP contribution in [0.2, 0.25) is 0 Å². The maximum absolute atomic E-state index is 13.0. The first-order valence-electron chi connectivity index (χ1n) is 10.7. The fourth-order valence-electron chi connectivity index (χ4n) is 3.84. The summed E-state index contributed by atoms with van der Waals surface area (Å²) >= 11 is 0. The molecule has 1 saturated heterocycles. The van der Waals surface area contributed by atoms with Crippen molar-refractivity contribution in [3.63, 3.8) is 0 Å². The second-order valence-corrected chi connectivity index (χ2v) is 8.01. The van der Waals surface area contributed by atoms with Gasteiger partial charge in [0.1, 0.15) is 5.82 Å². The molecule has 1 fully saturated rings. The standard InChI is InChI=1S/C20H36N6O3/c1-5-7-10-26-18(21)17(19(28)23-20(26)29)25(6-2)16(27)13-24-11-8-15(9-12-24)22-14(3)4/h14-15,22H,5-13,21H2,1-4H3,(H,23,28,29). The fraction of sp³-hybridized carbons (Fsp3) is 0.750. The molecule has 2 heterocycles. The minimum atomic E-state index is -0.615. The molecule has 0 saturated carbocycles. The Hall–Kier alpha value is -2.13. The van der Waals surface area contributed by atoms with Crippen LogP contribution in [0.4, 0.5) is 11.5 Å². The van der Waals surface area contributed by atoms with Crippen molar-refractivity contribution in [1.82, 2.24) is 19.8 Å². The van der Waals surface area contributed by atoms with E-state index in [9.17, 15) is 14.4 Å². The molecule has 9 heteroatoms. The number of piperidine rings is 1. The van der Waals surface area contributed by atoms with Gasteiger partial charge in [-0.15, -0.1) is 0 Å². The maximum Gasteiger partial charge on any atom is 0.330 e. The number of likely N-dealkylation sites (N-methyl/N-ethyl adjacent to an activating group) is 1. The van der Waals surface area contributed by atoms with E-state index in [1.807, 2.05) is 6.92 Å². The Morgan fingerprint density at radius 2 is 1.93 bits per heavy atom. The third kappa shape index (κ3) is 5.93. The molecule has 0 aliphatic carbocycles. The number of amides is 1. The molecule has 0 atom stereocenters. The lowest BCUT2D eigenvalue weighted by Gasteiger charge is -2.34. The van der Waals surface area contributed by atoms with E-state index in [0.717, 1.165) is 38.8 Å². The van der Waals surface area contributed by atoms with Gasteiger partial charge in [-0.2, -0.15) is 0 Å². The highest BCUT2D eigenvalue weighted by molar-refractivity contribution is 5.96. The van der Waals surface area contributed by atoms with Crippen molar-refractivity contribution in [1.29, 1.82) is 0 Å². The summed E-state index contributed by atoms with van der Waals surface area (Å²) in [6.07, 6.45) is 3.62. The maximum atomic E-state index is 13.0. The van der Waals surface area contributed by atoms with Crippen LogP contribution in [-0.2, 0) is 11.3 Å². The van der Waals surface area contributed by atoms with Gasteiger partial charge in [0.25, 0.3) is 5.56 Å². The van der Waals surface area contributed by atoms with Crippen LogP contribution in [0.5, 0.6) is 0 Å². The van der Waals surface area contributed by atoms with Gasteiger partial charge < -0.3 is 16.0 Å². The van der Waals surface area contributed by atoms with Gasteiger partial charge in [-0.3, -0.25) is 24.0 Å². The quantitative estimate of drug-likeness (QED) is 0.555. The normalized spacial score (nSPS) is 15.8. The van der Waals surface area contributed by atoms with Crippen LogP contribution in [0.25, 0.3) is 0 Å². The van der Waals surface area contributed by atoms with Gasteiger partial charge in [0.05, 0.1) is 6.54 Å². The second kappa shape index (κ2) is 10.6. The molecule has 4 N–H and O–H groups in total. The number of nitrogen functional groups attached to an aromatic ring is 1. The molecule has 1 aromatic rings. The van der Waals surface area contributed by atoms with Gasteiger partial charge in [0, 0.05) is 38.3 Å². The number of aromatic nitrogens is 2. The van der Waals surface area contributed by atoms with E-state index in [0.29, 0.717) is 25.2 Å². The number of anilines is 2. The largest absolute Gasteiger partial charge is 0.383 e. The third-order valence-electron chi connectivity index (χ3n) is 5.35. The van der Waals surface area contributed by atoms with Gasteiger partial charge in [-0.1, -0.05) is 27.2 Å². The van der Waals surface area contributed by atoms with Gasteiger partial charge in [-0.25, -0.2) is 4.79 Å². The zero-order valence-electron chi connectivity index (χ0n) is 18.2. The van der Waals surface area contributed by atoms with Crippen molar-refractivity contribution in [3.8, 4) is 0 Å². The molecule has 1 amide bonds. The van der Waals surface area contributed by atoms with Crippen LogP contribution in [0, 0.1) is 0 Å². The molecular weight excluding hydrogens is 372 g/mol. The summed E-state index contributed by atoms with van der Waals surface area (Å²) in [6, 6.07) is 0.922. The highest BCUT2D eigenvalue weighted by Gasteiger charge is 2.26. The van der Waals surface area contributed by atoms with Crippen molar-refractivity contribution in [2.24, 2.45) is 0 Å². The summed E-state index contributed by atoms with van der Waals surface area (Å²) in [5.41, 5.74) is 5.09. The molecule has 29 heavy (non-hydrogen) atoms. The molecule has 0 spiro atoms. The lowest BCUT2D eigenvalue weighted by molar-refractivity contribution is -0.120. The summed E-state index contributed by atoms with van der Waals surface area (Å²) in [5.74, 6) is -0.122. The minimum Gasteiger partial charge on any atom is -0.383 e. The number of unbranched alkanes of at least 4 members (excludes halogenated alkanes) is 1. The molecule has 1 aromatic heterocycles. The molecule has 0 aromatic carbocycles. The number of nitrogens with one attached hydrogen (secondary N) is 2. The molecule has 0 bridgehead atoms. The predicted molar refractivity (Wildman–Crippen MR) is 116 cm³/mol. The molecule has 0 radical (unpaired) electrons. The number of hydrogen-bond acceptors (Lipinski definition) is 6. The van der Waals surface area contributed by atoms with Crippen molar-refractivity contribution < 1.29 is 4.79 Å². The summed E-state index contributed by atoms with van der Waals surface area (Å²) in [7, 11) is 0. The average Bonchev–Trinajstić information content (AvgIpc) is 2.66. The topological polar surface area (TPSA) is 116 Å². The van der Waals surface area contributed by atoms with E-state index < -0.39 is 11.2 Å². The van der Waals surface area contributed by atoms with E-state index in [1.165, 1.54) is 9.47 Å². The third-order valence-corrected chi connectivity index (χ3v) is 5.35. The van der Waals surface area contributed by atoms with Crippen molar-refractivity contribution in [2.45, 2.75) is 72.0 Å². The number of aromatic amines is 1. The van der Waals surface area contributed by atoms with Crippen molar-refractivity contribution >= 4 is 17.4 Å². The van der Waals surface area contributed by atoms with Crippen LogP contribution >= 0.6 is 0 Å². The van der Waals surface area contributed by atoms with Crippen LogP contribution in [0.1, 0.15) is 53.4 Å². The first-order chi connectivity index (χ1) is 13.8. The van der Waals surface area contributed by atoms with Gasteiger partial charge in [0.15, 0.2) is 5.69 Å². The number of carbonyl (C=O) groups excluding carboxylic acids is 1. The molecule has 1 aliphatic heterocycles. The van der Waals surface area contributed by atoms with Crippen molar-refractivity contribution in [2.75, 3.05) is 36.8 Å². The van der Waals surface area contributed by atoms with E-state index in [4.69, 9.17) is 5.73 Å². The number of carbonyl (C=O) groups is 1. The summed E-state index contributed by atoms with van der Waals surface area (Å²) in [4.78, 5) is 43.4. The first-order valence-corrected chi connectivity index (χ1v) is 10.7. The molecular formula is C20H36N6O3. The van der Waals surface area contributed by atoms with Gasteiger partial charge >= 0.3 is 5.69 Å². The predicted octanol–water partition coefficient (Wildman–Crippen LogP) is 0.734. The number of nitrogens with zero attached hydrogens (tertiary/aromatic N) is 3. The lowest BCUT2D eigenvalue weighted by atomic mass is 10.0. The van der Waals surface area contributed by atoms with Gasteiger partial charge in [-0.05, 0) is 26.2 Å². The summed E-state index contributed by atoms with van der Waals surface area (Å²) < 4.78 is 1.35. The van der Waals surface area contributed by atoms with E-state index >= 15 is 0 Å². The molecule has 0 unspecified atom stereocenters. The second-order valence-electron chi connectivity index (χ2n) is 8.01. The van der Waals surface area contributed by atoms with E-state index in [-0.39, 0.29) is 24.0 Å². The highest BCUT2D eigenvalue weighted by atomic mass is 16.2. The summed E-state index contributed by atoms with van der Waals surface area (Å²) in [5, 5.41) is 3.54. The SMILES string of the molecule is CCCCn1c(N)c(N(CC)C(=O)CN2CCC(NC(C)C)CC2)c(=O)[nH]c1=O. The molecule has 9 nitrogen and oxygen atoms in total. The monoisotopic (exact) mass is 408 g/mol. The van der Waals surface area contributed by atoms with E-state index in [2.05, 4.69) is 29.0 Å². The Morgan fingerprint density at radius 1 is 1.28 bits per heavy atom. The Balaban J connectivity index is 2.14. The first kappa shape index (κ1) is 23.2. The number of rotatable bonds is 9. The summed E-state index contributed by atoms with van der Waals surface area (Å²) in [6.45, 7) is 10.7. The smallest absolute Gasteiger partial charge is 0.330 e. The molecule has 2 rings (SSSR count). The average molecular weight is 409 g/mol. The fourth-order valence-corrected chi connectivity index (χ4v) is 3.84. The number of likely N-dealkylation sites (tertiary alicyclic amines) is 1. The minimum absolute atomic E-state index is 0.0576. The molecule has 164 valence electrons. The lowest BCUT2D eigenvalue weighted by Crippen LogP contribution is -2.49. The zero-order valence-corrected chi connectivity index (χ0v) is 18.2. The highest BCUT2D eigenvalue weighted by Crippen LogP contribution is 2.18. The van der Waals surface area contributed by atoms with Crippen molar-refractivity contribution in [3.05, 3.63) is 20.8 Å². The molecule has 1 aliphatic rings. The zero-order chi connectivity index (χ0) is 21.6. The van der Waals surface area contributed by atoms with E-state index in [1.54, 1.807) is 6.92 Å². The Morgan fingerprint density at radius 3 is 2.48 bits per heavy atom. The number of hydrogen-bond donors (Lipinski definition) is 3. The van der Waals surface area contributed by atoms with Crippen LogP contribution < -0.4 is 27.2 Å². The Bertz CT molecular complexity index is 792. The number of H-pyrrole nitrogens is 1. The van der Waals surface area contributed by atoms with Crippen LogP contribution in [-0.4, -0.2) is 58.6 Å². The van der Waals surface area contributed by atoms with Gasteiger partial charge in [0.2, 0.25) is 5.91 Å². The van der Waals surface area contributed by atoms with Crippen LogP contribution in [0.15, 0.2) is 9.59 Å². The van der Waals surface area contributed by atoms with Crippen LogP contribution in [0.3, 0.4) is 0 Å². The Kier molecular flexibility index (Phi) is 8.45.